The first-order chi connectivity index (χ1) is 12.4. The monoisotopic (exact) mass is 372 g/mol. The van der Waals surface area contributed by atoms with Crippen molar-refractivity contribution in [1.82, 2.24) is 5.32 Å². The zero-order chi connectivity index (χ0) is 18.7. The lowest BCUT2D eigenvalue weighted by atomic mass is 10.1. The molecule has 4 nitrogen and oxygen atoms in total. The van der Waals surface area contributed by atoms with E-state index in [0.717, 1.165) is 35.8 Å². The van der Waals surface area contributed by atoms with Crippen LogP contribution in [0.5, 0.6) is 5.75 Å². The highest BCUT2D eigenvalue weighted by Gasteiger charge is 2.25. The number of amides is 1. The van der Waals surface area contributed by atoms with Crippen molar-refractivity contribution in [3.8, 4) is 5.75 Å². The molecule has 2 aromatic carbocycles. The fourth-order valence-electron chi connectivity index (χ4n) is 3.38. The number of carbonyl (C=O) groups is 1. The Morgan fingerprint density at radius 1 is 1.27 bits per heavy atom. The van der Waals surface area contributed by atoms with E-state index >= 15 is 0 Å². The highest BCUT2D eigenvalue weighted by Crippen LogP contribution is 2.29. The number of anilines is 1. The van der Waals surface area contributed by atoms with Gasteiger partial charge in [0.05, 0.1) is 12.6 Å². The Kier molecular flexibility index (Phi) is 5.72. The predicted octanol–water partition coefficient (Wildman–Crippen LogP) is 4.50. The van der Waals surface area contributed by atoms with Gasteiger partial charge in [-0.2, -0.15) is 0 Å². The van der Waals surface area contributed by atoms with Crippen molar-refractivity contribution in [2.24, 2.45) is 0 Å². The Balaban J connectivity index is 1.60. The molecule has 0 bridgehead atoms. The van der Waals surface area contributed by atoms with Crippen molar-refractivity contribution in [2.75, 3.05) is 18.0 Å². The standard InChI is InChI=1S/C21H25ClN2O2/c1-14-4-7-18(22)12-21(14)24-11-10-20(13-24)26-19-8-5-17(6-9-19)15(2)23-16(3)25/h4-9,12,15,20H,10-11,13H2,1-3H3,(H,23,25)/t15-,20?/m0/s1. The maximum absolute atomic E-state index is 11.2. The van der Waals surface area contributed by atoms with Gasteiger partial charge in [0, 0.05) is 30.6 Å². The minimum absolute atomic E-state index is 0.00525. The average molecular weight is 373 g/mol. The summed E-state index contributed by atoms with van der Waals surface area (Å²) in [6, 6.07) is 14.0. The first-order valence-electron chi connectivity index (χ1n) is 8.97. The smallest absolute Gasteiger partial charge is 0.217 e. The number of halogens is 1. The Hall–Kier alpha value is -2.20. The Bertz CT molecular complexity index is 776. The molecular weight excluding hydrogens is 348 g/mol. The van der Waals surface area contributed by atoms with Crippen LogP contribution in [0, 0.1) is 6.92 Å². The van der Waals surface area contributed by atoms with Gasteiger partial charge >= 0.3 is 0 Å². The van der Waals surface area contributed by atoms with Crippen LogP contribution < -0.4 is 15.0 Å². The lowest BCUT2D eigenvalue weighted by Crippen LogP contribution is -2.25. The molecule has 2 atom stereocenters. The molecule has 2 aromatic rings. The molecule has 5 heteroatoms. The molecule has 26 heavy (non-hydrogen) atoms. The zero-order valence-corrected chi connectivity index (χ0v) is 16.2. The van der Waals surface area contributed by atoms with E-state index < -0.39 is 0 Å². The molecule has 1 aliphatic heterocycles. The molecule has 0 radical (unpaired) electrons. The van der Waals surface area contributed by atoms with Gasteiger partial charge in [-0.1, -0.05) is 29.8 Å². The molecule has 138 valence electrons. The molecule has 0 saturated carbocycles. The zero-order valence-electron chi connectivity index (χ0n) is 15.5. The number of benzene rings is 2. The van der Waals surface area contributed by atoms with Crippen LogP contribution in [0.15, 0.2) is 42.5 Å². The van der Waals surface area contributed by atoms with Crippen LogP contribution in [0.3, 0.4) is 0 Å². The lowest BCUT2D eigenvalue weighted by Gasteiger charge is -2.21. The van der Waals surface area contributed by atoms with E-state index in [4.69, 9.17) is 16.3 Å². The second-order valence-corrected chi connectivity index (χ2v) is 7.33. The molecule has 0 aliphatic carbocycles. The van der Waals surface area contributed by atoms with Crippen molar-refractivity contribution in [1.29, 1.82) is 0 Å². The van der Waals surface area contributed by atoms with Crippen LogP contribution in [0.25, 0.3) is 0 Å². The lowest BCUT2D eigenvalue weighted by molar-refractivity contribution is -0.119. The van der Waals surface area contributed by atoms with Crippen molar-refractivity contribution >= 4 is 23.2 Å². The fourth-order valence-corrected chi connectivity index (χ4v) is 3.55. The van der Waals surface area contributed by atoms with Gasteiger partial charge in [-0.25, -0.2) is 0 Å². The molecule has 0 aromatic heterocycles. The maximum atomic E-state index is 11.2. The van der Waals surface area contributed by atoms with Crippen molar-refractivity contribution in [3.63, 3.8) is 0 Å². The van der Waals surface area contributed by atoms with Crippen molar-refractivity contribution in [2.45, 2.75) is 39.3 Å². The number of hydrogen-bond acceptors (Lipinski definition) is 3. The summed E-state index contributed by atoms with van der Waals surface area (Å²) in [5.74, 6) is 0.832. The van der Waals surface area contributed by atoms with Crippen LogP contribution in [0.2, 0.25) is 5.02 Å². The van der Waals surface area contributed by atoms with Crippen LogP contribution >= 0.6 is 11.6 Å². The fraction of sp³-hybridized carbons (Fsp3) is 0.381. The number of hydrogen-bond donors (Lipinski definition) is 1. The Morgan fingerprint density at radius 2 is 2.00 bits per heavy atom. The van der Waals surface area contributed by atoms with Gasteiger partial charge in [0.15, 0.2) is 0 Å². The van der Waals surface area contributed by atoms with E-state index in [-0.39, 0.29) is 18.1 Å². The van der Waals surface area contributed by atoms with Crippen LogP contribution in [-0.2, 0) is 4.79 Å². The van der Waals surface area contributed by atoms with Crippen molar-refractivity contribution < 1.29 is 9.53 Å². The average Bonchev–Trinajstić information content (AvgIpc) is 3.05. The number of rotatable bonds is 5. The molecular formula is C21H25ClN2O2. The molecule has 1 fully saturated rings. The topological polar surface area (TPSA) is 41.6 Å². The van der Waals surface area contributed by atoms with Gasteiger partial charge in [0.25, 0.3) is 0 Å². The minimum Gasteiger partial charge on any atom is -0.489 e. The first kappa shape index (κ1) is 18.6. The second kappa shape index (κ2) is 8.00. The van der Waals surface area contributed by atoms with Gasteiger partial charge in [-0.05, 0) is 49.2 Å². The van der Waals surface area contributed by atoms with Gasteiger partial charge in [0.1, 0.15) is 11.9 Å². The molecule has 1 unspecified atom stereocenters. The minimum atomic E-state index is -0.0276. The number of nitrogens with one attached hydrogen (secondary N) is 1. The molecule has 1 aliphatic rings. The Labute approximate surface area is 160 Å². The van der Waals surface area contributed by atoms with Crippen LogP contribution in [0.4, 0.5) is 5.69 Å². The summed E-state index contributed by atoms with van der Waals surface area (Å²) < 4.78 is 6.15. The van der Waals surface area contributed by atoms with E-state index in [2.05, 4.69) is 23.2 Å². The Morgan fingerprint density at radius 3 is 2.69 bits per heavy atom. The summed E-state index contributed by atoms with van der Waals surface area (Å²) in [5, 5.41) is 3.65. The van der Waals surface area contributed by atoms with Crippen LogP contribution in [0.1, 0.15) is 37.4 Å². The summed E-state index contributed by atoms with van der Waals surface area (Å²) in [4.78, 5) is 13.5. The third kappa shape index (κ3) is 4.50. The molecule has 3 rings (SSSR count). The van der Waals surface area contributed by atoms with Gasteiger partial charge in [0.2, 0.25) is 5.91 Å². The van der Waals surface area contributed by atoms with Crippen LogP contribution in [-0.4, -0.2) is 25.1 Å². The highest BCUT2D eigenvalue weighted by molar-refractivity contribution is 6.30. The second-order valence-electron chi connectivity index (χ2n) is 6.90. The number of carbonyl (C=O) groups excluding carboxylic acids is 1. The molecule has 0 spiro atoms. The van der Waals surface area contributed by atoms with Gasteiger partial charge in [-0.3, -0.25) is 4.79 Å². The van der Waals surface area contributed by atoms with E-state index in [1.54, 1.807) is 0 Å². The largest absolute Gasteiger partial charge is 0.489 e. The number of ether oxygens (including phenoxy) is 1. The van der Waals surface area contributed by atoms with E-state index in [1.807, 2.05) is 43.3 Å². The predicted molar refractivity (Wildman–Crippen MR) is 106 cm³/mol. The maximum Gasteiger partial charge on any atom is 0.217 e. The number of nitrogens with zero attached hydrogens (tertiary/aromatic N) is 1. The molecule has 1 heterocycles. The first-order valence-corrected chi connectivity index (χ1v) is 9.35. The summed E-state index contributed by atoms with van der Waals surface area (Å²) in [6.45, 7) is 7.42. The third-order valence-electron chi connectivity index (χ3n) is 4.76. The van der Waals surface area contributed by atoms with E-state index in [0.29, 0.717) is 0 Å². The van der Waals surface area contributed by atoms with E-state index in [9.17, 15) is 4.79 Å². The van der Waals surface area contributed by atoms with Crippen molar-refractivity contribution in [3.05, 3.63) is 58.6 Å². The summed E-state index contributed by atoms with van der Waals surface area (Å²) in [6.07, 6.45) is 1.14. The number of aryl methyl sites for hydroxylation is 1. The summed E-state index contributed by atoms with van der Waals surface area (Å²) in [5.41, 5.74) is 3.48. The van der Waals surface area contributed by atoms with Gasteiger partial charge in [-0.15, -0.1) is 0 Å². The SMILES string of the molecule is CC(=O)N[C@@H](C)c1ccc(OC2CCN(c3cc(Cl)ccc3C)C2)cc1. The molecule has 1 amide bonds. The summed E-state index contributed by atoms with van der Waals surface area (Å²) in [7, 11) is 0. The normalized spacial score (nSPS) is 17.8. The quantitative estimate of drug-likeness (QED) is 0.839. The molecule has 1 N–H and O–H groups in total. The third-order valence-corrected chi connectivity index (χ3v) is 4.99. The highest BCUT2D eigenvalue weighted by atomic mass is 35.5. The molecule has 1 saturated heterocycles. The van der Waals surface area contributed by atoms with Gasteiger partial charge < -0.3 is 15.0 Å². The summed E-state index contributed by atoms with van der Waals surface area (Å²) >= 11 is 6.15. The van der Waals surface area contributed by atoms with E-state index in [1.165, 1.54) is 18.2 Å².